The average Bonchev–Trinajstić information content (AvgIpc) is 2.72. The second-order valence-corrected chi connectivity index (χ2v) is 15.1. The third-order valence-corrected chi connectivity index (χ3v) is 16.5. The molecular formula is C24H19BrGe. The Kier molecular flexibility index (Phi) is 5.10. The summed E-state index contributed by atoms with van der Waals surface area (Å²) < 4.78 is 6.94. The summed E-state index contributed by atoms with van der Waals surface area (Å²) in [6, 6.07) is 41.9. The van der Waals surface area contributed by atoms with Gasteiger partial charge in [0.1, 0.15) is 0 Å². The number of hydrogen-bond acceptors (Lipinski definition) is 0. The standard InChI is InChI=1S/C24H19BrGe/c25-23-18-10-11-19-24(23)26(20-12-4-1-5-13-20,21-14-6-2-7-15-21)22-16-8-3-9-17-22/h1-19H. The fourth-order valence-electron chi connectivity index (χ4n) is 3.80. The summed E-state index contributed by atoms with van der Waals surface area (Å²) in [4.78, 5) is 0. The molecule has 126 valence electrons. The fraction of sp³-hybridized carbons (Fsp3) is 0. The fourth-order valence-corrected chi connectivity index (χ4v) is 15.7. The number of hydrogen-bond donors (Lipinski definition) is 0. The van der Waals surface area contributed by atoms with Crippen molar-refractivity contribution in [3.63, 3.8) is 0 Å². The molecule has 0 aliphatic rings. The van der Waals surface area contributed by atoms with Crippen LogP contribution in [0.3, 0.4) is 0 Å². The molecule has 0 aromatic heterocycles. The molecule has 4 rings (SSSR count). The Morgan fingerprint density at radius 1 is 0.423 bits per heavy atom. The summed E-state index contributed by atoms with van der Waals surface area (Å²) >= 11 is 0.777. The van der Waals surface area contributed by atoms with Gasteiger partial charge in [-0.05, 0) is 0 Å². The van der Waals surface area contributed by atoms with Gasteiger partial charge in [0, 0.05) is 0 Å². The zero-order chi connectivity index (χ0) is 17.8. The van der Waals surface area contributed by atoms with Crippen LogP contribution in [0, 0.1) is 0 Å². The van der Waals surface area contributed by atoms with Crippen LogP contribution in [-0.4, -0.2) is 13.3 Å². The first-order chi connectivity index (χ1) is 12.8. The van der Waals surface area contributed by atoms with Gasteiger partial charge in [-0.2, -0.15) is 0 Å². The topological polar surface area (TPSA) is 0 Å². The van der Waals surface area contributed by atoms with E-state index in [4.69, 9.17) is 0 Å². The van der Waals surface area contributed by atoms with E-state index in [9.17, 15) is 0 Å². The summed E-state index contributed by atoms with van der Waals surface area (Å²) in [7, 11) is 0. The second kappa shape index (κ2) is 7.65. The molecule has 4 aromatic carbocycles. The Morgan fingerprint density at radius 3 is 1.15 bits per heavy atom. The van der Waals surface area contributed by atoms with E-state index in [2.05, 4.69) is 131 Å². The normalized spacial score (nSPS) is 11.3. The third-order valence-electron chi connectivity index (χ3n) is 4.90. The predicted molar refractivity (Wildman–Crippen MR) is 118 cm³/mol. The molecule has 0 N–H and O–H groups in total. The summed E-state index contributed by atoms with van der Waals surface area (Å²) in [5.41, 5.74) is 0. The molecule has 0 amide bonds. The molecule has 0 atom stereocenters. The van der Waals surface area contributed by atoms with Gasteiger partial charge in [0.2, 0.25) is 0 Å². The Balaban J connectivity index is 2.17. The average molecular weight is 460 g/mol. The van der Waals surface area contributed by atoms with E-state index < -0.39 is 13.3 Å². The molecule has 0 radical (unpaired) electrons. The first-order valence-electron chi connectivity index (χ1n) is 8.75. The molecule has 0 bridgehead atoms. The van der Waals surface area contributed by atoms with Gasteiger partial charge in [-0.1, -0.05) is 0 Å². The van der Waals surface area contributed by atoms with Crippen molar-refractivity contribution in [3.8, 4) is 0 Å². The van der Waals surface area contributed by atoms with Crippen LogP contribution in [0.15, 0.2) is 120 Å². The van der Waals surface area contributed by atoms with Crippen molar-refractivity contribution in [2.45, 2.75) is 0 Å². The van der Waals surface area contributed by atoms with Crippen LogP contribution in [0.1, 0.15) is 0 Å². The minimum absolute atomic E-state index is 1.19. The molecule has 0 saturated heterocycles. The Hall–Kier alpha value is -2.10. The monoisotopic (exact) mass is 460 g/mol. The van der Waals surface area contributed by atoms with Crippen molar-refractivity contribution in [3.05, 3.63) is 120 Å². The van der Waals surface area contributed by atoms with Gasteiger partial charge < -0.3 is 0 Å². The van der Waals surface area contributed by atoms with Crippen molar-refractivity contribution in [2.24, 2.45) is 0 Å². The van der Waals surface area contributed by atoms with E-state index in [0.29, 0.717) is 0 Å². The van der Waals surface area contributed by atoms with E-state index in [0.717, 1.165) is 0 Å². The van der Waals surface area contributed by atoms with Crippen molar-refractivity contribution in [2.75, 3.05) is 0 Å². The van der Waals surface area contributed by atoms with E-state index in [1.54, 1.807) is 0 Å². The van der Waals surface area contributed by atoms with Gasteiger partial charge in [0.25, 0.3) is 0 Å². The van der Waals surface area contributed by atoms with Crippen LogP contribution in [-0.2, 0) is 0 Å². The van der Waals surface area contributed by atoms with Crippen molar-refractivity contribution in [1.29, 1.82) is 0 Å². The molecule has 2 heteroatoms. The zero-order valence-corrected chi connectivity index (χ0v) is 18.0. The Morgan fingerprint density at radius 2 is 0.769 bits per heavy atom. The zero-order valence-electron chi connectivity index (χ0n) is 14.3. The second-order valence-electron chi connectivity index (χ2n) is 6.33. The molecule has 0 heterocycles. The summed E-state index contributed by atoms with van der Waals surface area (Å²) in [6.45, 7) is 0. The maximum atomic E-state index is 3.87. The van der Waals surface area contributed by atoms with Crippen molar-refractivity contribution in [1.82, 2.24) is 0 Å². The summed E-state index contributed by atoms with van der Waals surface area (Å²) in [5, 5.41) is 0. The first-order valence-corrected chi connectivity index (χ1v) is 13.7. The van der Waals surface area contributed by atoms with Gasteiger partial charge in [-0.25, -0.2) is 0 Å². The molecule has 26 heavy (non-hydrogen) atoms. The molecular weight excluding hydrogens is 441 g/mol. The third kappa shape index (κ3) is 2.96. The van der Waals surface area contributed by atoms with Crippen molar-refractivity contribution < 1.29 is 0 Å². The molecule has 0 nitrogen and oxygen atoms in total. The van der Waals surface area contributed by atoms with Crippen LogP contribution in [0.4, 0.5) is 0 Å². The van der Waals surface area contributed by atoms with Crippen LogP contribution < -0.4 is 17.6 Å². The maximum absolute atomic E-state index is 3.87. The Bertz CT molecular complexity index is 885. The van der Waals surface area contributed by atoms with Crippen LogP contribution >= 0.6 is 15.9 Å². The molecule has 4 aromatic rings. The van der Waals surface area contributed by atoms with Crippen LogP contribution in [0.2, 0.25) is 0 Å². The molecule has 0 saturated carbocycles. The SMILES string of the molecule is Brc1cccc[c]1[Ge]([c]1ccccc1)([c]1ccccc1)[c]1ccccc1. The minimum atomic E-state index is -3.09. The van der Waals surface area contributed by atoms with E-state index in [1.807, 2.05) is 0 Å². The first kappa shape index (κ1) is 17.3. The van der Waals surface area contributed by atoms with E-state index >= 15 is 0 Å². The van der Waals surface area contributed by atoms with Crippen molar-refractivity contribution >= 4 is 46.8 Å². The molecule has 0 aliphatic carbocycles. The Labute approximate surface area is 166 Å². The van der Waals surface area contributed by atoms with Crippen LogP contribution in [0.5, 0.6) is 0 Å². The van der Waals surface area contributed by atoms with Gasteiger partial charge >= 0.3 is 167 Å². The predicted octanol–water partition coefficient (Wildman–Crippen LogP) is 3.83. The number of benzene rings is 4. The van der Waals surface area contributed by atoms with Gasteiger partial charge in [0.05, 0.1) is 0 Å². The molecule has 0 unspecified atom stereocenters. The summed E-state index contributed by atoms with van der Waals surface area (Å²) in [6.07, 6.45) is 0. The van der Waals surface area contributed by atoms with Gasteiger partial charge in [0.15, 0.2) is 0 Å². The molecule has 0 aliphatic heterocycles. The number of rotatable bonds is 4. The van der Waals surface area contributed by atoms with E-state index in [-0.39, 0.29) is 0 Å². The van der Waals surface area contributed by atoms with Gasteiger partial charge in [-0.15, -0.1) is 0 Å². The van der Waals surface area contributed by atoms with Gasteiger partial charge in [-0.3, -0.25) is 0 Å². The molecule has 0 spiro atoms. The van der Waals surface area contributed by atoms with E-state index in [1.165, 1.54) is 22.1 Å². The summed E-state index contributed by atoms with van der Waals surface area (Å²) in [5.74, 6) is 0. The number of halogens is 1. The quantitative estimate of drug-likeness (QED) is 0.407. The molecule has 0 fully saturated rings. The van der Waals surface area contributed by atoms with Crippen LogP contribution in [0.25, 0.3) is 0 Å².